The van der Waals surface area contributed by atoms with Crippen LogP contribution in [0.4, 0.5) is 0 Å². The maximum absolute atomic E-state index is 4.36. The van der Waals surface area contributed by atoms with Crippen molar-refractivity contribution in [3.8, 4) is 0 Å². The number of rotatable bonds is 2. The standard InChI is InChI=1S/C8H14N2/c1-4-5-8-9-7(2)6-10(8)3/h6H,4-5H2,1-3H3. The topological polar surface area (TPSA) is 17.8 Å². The van der Waals surface area contributed by atoms with Gasteiger partial charge in [-0.15, -0.1) is 0 Å². The van der Waals surface area contributed by atoms with Crippen molar-refractivity contribution >= 4 is 0 Å². The fraction of sp³-hybridized carbons (Fsp3) is 0.625. The van der Waals surface area contributed by atoms with Gasteiger partial charge in [0.15, 0.2) is 0 Å². The van der Waals surface area contributed by atoms with Gasteiger partial charge >= 0.3 is 0 Å². The number of imidazole rings is 1. The van der Waals surface area contributed by atoms with Crippen LogP contribution in [0.1, 0.15) is 24.9 Å². The van der Waals surface area contributed by atoms with Gasteiger partial charge in [-0.2, -0.15) is 0 Å². The van der Waals surface area contributed by atoms with Crippen LogP contribution >= 0.6 is 0 Å². The molecule has 2 heteroatoms. The van der Waals surface area contributed by atoms with E-state index in [1.807, 2.05) is 14.0 Å². The van der Waals surface area contributed by atoms with Crippen LogP contribution in [0.25, 0.3) is 0 Å². The first-order chi connectivity index (χ1) is 4.74. The molecule has 1 rings (SSSR count). The summed E-state index contributed by atoms with van der Waals surface area (Å²) in [5, 5.41) is 0. The Morgan fingerprint density at radius 3 is 2.70 bits per heavy atom. The number of aromatic nitrogens is 2. The van der Waals surface area contributed by atoms with Crippen LogP contribution < -0.4 is 0 Å². The SMILES string of the molecule is CCCc1nc(C)cn1C. The highest BCUT2D eigenvalue weighted by Gasteiger charge is 1.98. The van der Waals surface area contributed by atoms with Crippen molar-refractivity contribution in [1.82, 2.24) is 9.55 Å². The summed E-state index contributed by atoms with van der Waals surface area (Å²) in [7, 11) is 2.05. The highest BCUT2D eigenvalue weighted by molar-refractivity contribution is 5.01. The number of nitrogens with zero attached hydrogens (tertiary/aromatic N) is 2. The molecule has 2 nitrogen and oxygen atoms in total. The summed E-state index contributed by atoms with van der Waals surface area (Å²) in [5.74, 6) is 1.19. The molecule has 0 aliphatic rings. The van der Waals surface area contributed by atoms with Crippen LogP contribution in [0.3, 0.4) is 0 Å². The molecule has 0 atom stereocenters. The van der Waals surface area contributed by atoms with E-state index in [2.05, 4.69) is 22.7 Å². The zero-order chi connectivity index (χ0) is 7.56. The van der Waals surface area contributed by atoms with Gasteiger partial charge in [-0.05, 0) is 13.3 Å². The fourth-order valence-electron chi connectivity index (χ4n) is 1.12. The highest BCUT2D eigenvalue weighted by atomic mass is 15.0. The van der Waals surface area contributed by atoms with Gasteiger partial charge in [0, 0.05) is 19.7 Å². The summed E-state index contributed by atoms with van der Waals surface area (Å²) in [5.41, 5.74) is 1.12. The molecule has 0 saturated carbocycles. The van der Waals surface area contributed by atoms with Crippen molar-refractivity contribution < 1.29 is 0 Å². The Morgan fingerprint density at radius 1 is 1.60 bits per heavy atom. The number of hydrogen-bond acceptors (Lipinski definition) is 1. The van der Waals surface area contributed by atoms with E-state index >= 15 is 0 Å². The summed E-state index contributed by atoms with van der Waals surface area (Å²) in [4.78, 5) is 4.36. The maximum Gasteiger partial charge on any atom is 0.108 e. The lowest BCUT2D eigenvalue weighted by atomic mass is 10.3. The minimum Gasteiger partial charge on any atom is -0.338 e. The second kappa shape index (κ2) is 2.86. The quantitative estimate of drug-likeness (QED) is 0.608. The van der Waals surface area contributed by atoms with Crippen LogP contribution in [0.5, 0.6) is 0 Å². The van der Waals surface area contributed by atoms with Gasteiger partial charge < -0.3 is 4.57 Å². The van der Waals surface area contributed by atoms with Crippen molar-refractivity contribution in [3.05, 3.63) is 17.7 Å². The van der Waals surface area contributed by atoms with E-state index in [1.54, 1.807) is 0 Å². The minimum absolute atomic E-state index is 1.09. The normalized spacial score (nSPS) is 10.3. The lowest BCUT2D eigenvalue weighted by Crippen LogP contribution is -1.95. The van der Waals surface area contributed by atoms with Crippen molar-refractivity contribution in [1.29, 1.82) is 0 Å². The first-order valence-electron chi connectivity index (χ1n) is 3.73. The Kier molecular flexibility index (Phi) is 2.10. The smallest absolute Gasteiger partial charge is 0.108 e. The van der Waals surface area contributed by atoms with Gasteiger partial charge in [0.25, 0.3) is 0 Å². The first kappa shape index (κ1) is 7.32. The zero-order valence-corrected chi connectivity index (χ0v) is 6.89. The number of aryl methyl sites for hydroxylation is 3. The molecule has 0 fully saturated rings. The van der Waals surface area contributed by atoms with Gasteiger partial charge in [0.2, 0.25) is 0 Å². The van der Waals surface area contributed by atoms with Crippen molar-refractivity contribution in [3.63, 3.8) is 0 Å². The van der Waals surface area contributed by atoms with E-state index in [4.69, 9.17) is 0 Å². The first-order valence-corrected chi connectivity index (χ1v) is 3.73. The molecule has 0 radical (unpaired) electrons. The van der Waals surface area contributed by atoms with Crippen LogP contribution in [-0.2, 0) is 13.5 Å². The van der Waals surface area contributed by atoms with Gasteiger partial charge in [0.05, 0.1) is 5.69 Å². The molecule has 56 valence electrons. The molecule has 1 heterocycles. The Labute approximate surface area is 61.9 Å². The van der Waals surface area contributed by atoms with Crippen molar-refractivity contribution in [2.75, 3.05) is 0 Å². The molecule has 0 spiro atoms. The fourth-order valence-corrected chi connectivity index (χ4v) is 1.12. The molecule has 0 unspecified atom stereocenters. The van der Waals surface area contributed by atoms with Crippen molar-refractivity contribution in [2.45, 2.75) is 26.7 Å². The van der Waals surface area contributed by atoms with Gasteiger partial charge in [-0.1, -0.05) is 6.92 Å². The lowest BCUT2D eigenvalue weighted by molar-refractivity contribution is 0.758. The van der Waals surface area contributed by atoms with Crippen LogP contribution in [0.2, 0.25) is 0 Å². The summed E-state index contributed by atoms with van der Waals surface area (Å²) >= 11 is 0. The summed E-state index contributed by atoms with van der Waals surface area (Å²) < 4.78 is 2.10. The van der Waals surface area contributed by atoms with E-state index in [-0.39, 0.29) is 0 Å². The van der Waals surface area contributed by atoms with E-state index < -0.39 is 0 Å². The molecule has 0 aliphatic carbocycles. The maximum atomic E-state index is 4.36. The van der Waals surface area contributed by atoms with E-state index in [1.165, 1.54) is 12.2 Å². The Bertz CT molecular complexity index is 213. The Balaban J connectivity index is 2.81. The van der Waals surface area contributed by atoms with Gasteiger partial charge in [-0.3, -0.25) is 0 Å². The monoisotopic (exact) mass is 138 g/mol. The molecular weight excluding hydrogens is 124 g/mol. The van der Waals surface area contributed by atoms with E-state index in [0.29, 0.717) is 0 Å². The van der Waals surface area contributed by atoms with Gasteiger partial charge in [-0.25, -0.2) is 4.98 Å². The average Bonchev–Trinajstić information content (AvgIpc) is 2.13. The molecule has 0 amide bonds. The van der Waals surface area contributed by atoms with Crippen LogP contribution in [-0.4, -0.2) is 9.55 Å². The third-order valence-electron chi connectivity index (χ3n) is 1.57. The predicted molar refractivity (Wildman–Crippen MR) is 41.9 cm³/mol. The number of hydrogen-bond donors (Lipinski definition) is 0. The third kappa shape index (κ3) is 1.38. The largest absolute Gasteiger partial charge is 0.338 e. The Hall–Kier alpha value is -0.790. The third-order valence-corrected chi connectivity index (χ3v) is 1.57. The minimum atomic E-state index is 1.09. The molecule has 0 aromatic carbocycles. The van der Waals surface area contributed by atoms with Crippen molar-refractivity contribution in [2.24, 2.45) is 7.05 Å². The summed E-state index contributed by atoms with van der Waals surface area (Å²) in [6, 6.07) is 0. The van der Waals surface area contributed by atoms with E-state index in [9.17, 15) is 0 Å². The Morgan fingerprint density at radius 2 is 2.30 bits per heavy atom. The van der Waals surface area contributed by atoms with Gasteiger partial charge in [0.1, 0.15) is 5.82 Å². The summed E-state index contributed by atoms with van der Waals surface area (Å²) in [6.45, 7) is 4.20. The summed E-state index contributed by atoms with van der Waals surface area (Å²) in [6.07, 6.45) is 4.32. The molecule has 0 N–H and O–H groups in total. The van der Waals surface area contributed by atoms with Crippen LogP contribution in [0, 0.1) is 6.92 Å². The predicted octanol–water partition coefficient (Wildman–Crippen LogP) is 1.68. The molecule has 1 aromatic heterocycles. The van der Waals surface area contributed by atoms with E-state index in [0.717, 1.165) is 12.1 Å². The molecule has 10 heavy (non-hydrogen) atoms. The molecule has 0 bridgehead atoms. The molecule has 1 aromatic rings. The van der Waals surface area contributed by atoms with Crippen LogP contribution in [0.15, 0.2) is 6.20 Å². The molecule has 0 saturated heterocycles. The second-order valence-corrected chi connectivity index (χ2v) is 2.66. The average molecular weight is 138 g/mol. The zero-order valence-electron chi connectivity index (χ0n) is 6.89. The molecule has 0 aliphatic heterocycles. The lowest BCUT2D eigenvalue weighted by Gasteiger charge is -1.95. The highest BCUT2D eigenvalue weighted by Crippen LogP contribution is 2.01. The molecular formula is C8H14N2. The second-order valence-electron chi connectivity index (χ2n) is 2.66.